The van der Waals surface area contributed by atoms with Crippen LogP contribution in [0.2, 0.25) is 0 Å². The molecule has 0 saturated carbocycles. The molecule has 0 aliphatic carbocycles. The lowest BCUT2D eigenvalue weighted by molar-refractivity contribution is -0.121. The molecule has 1 atom stereocenters. The smallest absolute Gasteiger partial charge is 0.265 e. The van der Waals surface area contributed by atoms with Crippen LogP contribution in [0.5, 0.6) is 0 Å². The number of aromatic nitrogens is 1. The Labute approximate surface area is 115 Å². The zero-order valence-corrected chi connectivity index (χ0v) is 11.6. The average Bonchev–Trinajstić information content (AvgIpc) is 2.87. The second-order valence-corrected chi connectivity index (χ2v) is 5.55. The molecule has 0 fully saturated rings. The molecule has 1 aromatic heterocycles. The summed E-state index contributed by atoms with van der Waals surface area (Å²) in [6.07, 6.45) is 0.0355. The number of hydrogen-bond donors (Lipinski definition) is 1. The van der Waals surface area contributed by atoms with Gasteiger partial charge in [0.05, 0.1) is 0 Å². The number of thiazole rings is 1. The number of rotatable bonds is 4. The highest BCUT2D eigenvalue weighted by Crippen LogP contribution is 2.26. The fourth-order valence-electron chi connectivity index (χ4n) is 1.55. The van der Waals surface area contributed by atoms with Gasteiger partial charge in [-0.15, -0.1) is 11.3 Å². The summed E-state index contributed by atoms with van der Waals surface area (Å²) in [5.41, 5.74) is 0.348. The number of hydrogen-bond acceptors (Lipinski definition) is 3. The van der Waals surface area contributed by atoms with Crippen molar-refractivity contribution in [3.8, 4) is 0 Å². The highest BCUT2D eigenvalue weighted by Gasteiger charge is 2.20. The van der Waals surface area contributed by atoms with Crippen molar-refractivity contribution >= 4 is 22.4 Å². The third-order valence-corrected chi connectivity index (χ3v) is 3.86. The molecule has 0 aliphatic rings. The molecule has 2 aromatic rings. The van der Waals surface area contributed by atoms with Crippen LogP contribution >= 0.6 is 11.3 Å². The molecular weight excluding hydrogens is 263 g/mol. The van der Waals surface area contributed by atoms with Crippen molar-refractivity contribution in [3.05, 3.63) is 47.0 Å². The van der Waals surface area contributed by atoms with E-state index in [4.69, 9.17) is 0 Å². The van der Waals surface area contributed by atoms with Gasteiger partial charge in [0.2, 0.25) is 6.17 Å². The van der Waals surface area contributed by atoms with Crippen LogP contribution in [0.3, 0.4) is 0 Å². The molecule has 1 N–H and O–H groups in total. The van der Waals surface area contributed by atoms with Crippen LogP contribution in [0.25, 0.3) is 0 Å². The van der Waals surface area contributed by atoms with Crippen molar-refractivity contribution in [2.45, 2.75) is 25.9 Å². The van der Waals surface area contributed by atoms with Gasteiger partial charge in [0.1, 0.15) is 0 Å². The molecule has 0 aliphatic heterocycles. The second kappa shape index (κ2) is 5.93. The van der Waals surface area contributed by atoms with E-state index in [1.54, 1.807) is 36.5 Å². The van der Waals surface area contributed by atoms with Gasteiger partial charge in [-0.3, -0.25) is 10.1 Å². The van der Waals surface area contributed by atoms with Crippen LogP contribution in [0.4, 0.5) is 9.52 Å². The van der Waals surface area contributed by atoms with Crippen LogP contribution < -0.4 is 5.32 Å². The molecule has 1 aromatic carbocycles. The zero-order chi connectivity index (χ0) is 13.8. The largest absolute Gasteiger partial charge is 0.299 e. The lowest BCUT2D eigenvalue weighted by Crippen LogP contribution is -2.17. The monoisotopic (exact) mass is 278 g/mol. The predicted molar refractivity (Wildman–Crippen MR) is 75.1 cm³/mol. The molecule has 100 valence electrons. The van der Waals surface area contributed by atoms with Gasteiger partial charge >= 0.3 is 0 Å². The quantitative estimate of drug-likeness (QED) is 0.921. The molecule has 19 heavy (non-hydrogen) atoms. The molecule has 0 spiro atoms. The van der Waals surface area contributed by atoms with Crippen molar-refractivity contribution in [3.63, 3.8) is 0 Å². The minimum Gasteiger partial charge on any atom is -0.299 e. The lowest BCUT2D eigenvalue weighted by atomic mass is 10.1. The number of alkyl halides is 1. The first-order valence-corrected chi connectivity index (χ1v) is 6.85. The van der Waals surface area contributed by atoms with E-state index in [1.165, 1.54) is 11.3 Å². The van der Waals surface area contributed by atoms with Gasteiger partial charge in [-0.2, -0.15) is 0 Å². The number of nitrogens with zero attached hydrogens (tertiary/aromatic N) is 1. The predicted octanol–water partition coefficient (Wildman–Crippen LogP) is 3.92. The summed E-state index contributed by atoms with van der Waals surface area (Å²) < 4.78 is 13.9. The van der Waals surface area contributed by atoms with Crippen LogP contribution in [0.1, 0.15) is 36.4 Å². The third kappa shape index (κ3) is 3.38. The van der Waals surface area contributed by atoms with Crippen molar-refractivity contribution in [2.75, 3.05) is 5.32 Å². The van der Waals surface area contributed by atoms with Crippen molar-refractivity contribution in [1.82, 2.24) is 4.98 Å². The highest BCUT2D eigenvalue weighted by atomic mass is 32.1. The molecule has 0 bridgehead atoms. The minimum absolute atomic E-state index is 0.346. The first kappa shape index (κ1) is 13.7. The summed E-state index contributed by atoms with van der Waals surface area (Å²) in [6, 6.07) is 8.37. The van der Waals surface area contributed by atoms with Crippen LogP contribution in [-0.4, -0.2) is 10.9 Å². The Morgan fingerprint density at radius 2 is 2.00 bits per heavy atom. The molecule has 1 heterocycles. The Kier molecular flexibility index (Phi) is 4.27. The number of halogens is 1. The lowest BCUT2D eigenvalue weighted by Gasteiger charge is -2.07. The maximum Gasteiger partial charge on any atom is 0.265 e. The maximum atomic E-state index is 13.9. The number of amides is 1. The van der Waals surface area contributed by atoms with Gasteiger partial charge in [-0.25, -0.2) is 9.37 Å². The van der Waals surface area contributed by atoms with E-state index in [1.807, 2.05) is 13.8 Å². The van der Waals surface area contributed by atoms with Gasteiger partial charge in [-0.1, -0.05) is 44.2 Å². The molecule has 0 saturated heterocycles. The normalized spacial score (nSPS) is 12.4. The number of carbonyl (C=O) groups is 1. The van der Waals surface area contributed by atoms with E-state index >= 15 is 0 Å². The van der Waals surface area contributed by atoms with Gasteiger partial charge in [0, 0.05) is 11.1 Å². The zero-order valence-electron chi connectivity index (χ0n) is 10.8. The summed E-state index contributed by atoms with van der Waals surface area (Å²) in [6.45, 7) is 4.09. The molecular formula is C14H15FN2OS. The fourth-order valence-corrected chi connectivity index (χ4v) is 2.37. The molecule has 1 amide bonds. The van der Waals surface area contributed by atoms with Crippen molar-refractivity contribution < 1.29 is 9.18 Å². The summed E-state index contributed by atoms with van der Waals surface area (Å²) in [5, 5.41) is 2.95. The number of anilines is 1. The number of benzene rings is 1. The van der Waals surface area contributed by atoms with Crippen LogP contribution in [0, 0.1) is 0 Å². The Bertz CT molecular complexity index is 554. The van der Waals surface area contributed by atoms with Gasteiger partial charge in [0.15, 0.2) is 5.13 Å². The maximum absolute atomic E-state index is 13.9. The van der Waals surface area contributed by atoms with E-state index in [0.717, 1.165) is 4.88 Å². The van der Waals surface area contributed by atoms with Crippen LogP contribution in [-0.2, 0) is 4.79 Å². The molecule has 0 radical (unpaired) electrons. The summed E-state index contributed by atoms with van der Waals surface area (Å²) in [7, 11) is 0. The Morgan fingerprint density at radius 3 is 2.58 bits per heavy atom. The summed E-state index contributed by atoms with van der Waals surface area (Å²) in [5.74, 6) is -0.339. The Balaban J connectivity index is 2.04. The standard InChI is InChI=1S/C14H15FN2OS/c1-9(2)11-8-16-14(19-11)17-13(18)12(15)10-6-4-3-5-7-10/h3-9,12H,1-2H3,(H,16,17,18)/t12-/m1/s1. The molecule has 0 unspecified atom stereocenters. The fraction of sp³-hybridized carbons (Fsp3) is 0.286. The van der Waals surface area contributed by atoms with E-state index in [2.05, 4.69) is 10.3 Å². The van der Waals surface area contributed by atoms with Crippen molar-refractivity contribution in [1.29, 1.82) is 0 Å². The number of carbonyl (C=O) groups excluding carboxylic acids is 1. The van der Waals surface area contributed by atoms with Gasteiger partial charge < -0.3 is 0 Å². The van der Waals surface area contributed by atoms with Crippen molar-refractivity contribution in [2.24, 2.45) is 0 Å². The van der Waals surface area contributed by atoms with E-state index in [-0.39, 0.29) is 0 Å². The summed E-state index contributed by atoms with van der Waals surface area (Å²) in [4.78, 5) is 16.9. The van der Waals surface area contributed by atoms with E-state index < -0.39 is 12.1 Å². The average molecular weight is 278 g/mol. The molecule has 3 nitrogen and oxygen atoms in total. The molecule has 2 rings (SSSR count). The minimum atomic E-state index is -1.67. The third-order valence-electron chi connectivity index (χ3n) is 2.65. The first-order valence-electron chi connectivity index (χ1n) is 6.03. The topological polar surface area (TPSA) is 42.0 Å². The van der Waals surface area contributed by atoms with Crippen LogP contribution in [0.15, 0.2) is 36.5 Å². The second-order valence-electron chi connectivity index (χ2n) is 4.48. The Morgan fingerprint density at radius 1 is 1.32 bits per heavy atom. The van der Waals surface area contributed by atoms with E-state index in [9.17, 15) is 9.18 Å². The first-order chi connectivity index (χ1) is 9.08. The SMILES string of the molecule is CC(C)c1cnc(NC(=O)[C@H](F)c2ccccc2)s1. The highest BCUT2D eigenvalue weighted by molar-refractivity contribution is 7.15. The summed E-state index contributed by atoms with van der Waals surface area (Å²) >= 11 is 1.37. The van der Waals surface area contributed by atoms with Gasteiger partial charge in [0.25, 0.3) is 5.91 Å². The Hall–Kier alpha value is -1.75. The molecule has 5 heteroatoms. The van der Waals surface area contributed by atoms with E-state index in [0.29, 0.717) is 16.6 Å². The van der Waals surface area contributed by atoms with Gasteiger partial charge in [-0.05, 0) is 11.5 Å². The number of nitrogens with one attached hydrogen (secondary N) is 1.